The lowest BCUT2D eigenvalue weighted by Crippen LogP contribution is -2.73. The minimum absolute atomic E-state index is 0.0662. The summed E-state index contributed by atoms with van der Waals surface area (Å²) in [5.74, 6) is -1.28. The van der Waals surface area contributed by atoms with Gasteiger partial charge in [-0.2, -0.15) is 0 Å². The van der Waals surface area contributed by atoms with E-state index in [1.165, 1.54) is 6.08 Å². The fraction of sp³-hybridized carbons (Fsp3) is 0.556. The van der Waals surface area contributed by atoms with Crippen molar-refractivity contribution in [2.75, 3.05) is 6.61 Å². The fourth-order valence-electron chi connectivity index (χ4n) is 6.26. The first-order valence-corrected chi connectivity index (χ1v) is 11.8. The van der Waals surface area contributed by atoms with Crippen molar-refractivity contribution in [2.45, 2.75) is 70.4 Å². The quantitative estimate of drug-likeness (QED) is 0.580. The average Bonchev–Trinajstić information content (AvgIpc) is 3.20. The fourth-order valence-corrected chi connectivity index (χ4v) is 6.26. The summed E-state index contributed by atoms with van der Waals surface area (Å²) < 4.78 is 11.0. The zero-order valence-electron chi connectivity index (χ0n) is 20.2. The topological polar surface area (TPSA) is 113 Å². The van der Waals surface area contributed by atoms with Crippen LogP contribution in [-0.4, -0.2) is 57.3 Å². The van der Waals surface area contributed by atoms with Gasteiger partial charge in [0.1, 0.15) is 12.7 Å². The number of carbonyl (C=O) groups excluding carboxylic acids is 2. The standard InChI is InChI=1S/C27H34O7/c1-24(13-12-17-14-22(29)33-16-17)19-10-11-20(28)27(4,32)26(19,3)21(15-25(24,2)31)34-23(30)18-8-6-5-7-9-18/h5-9,12-14,19-21,28,31-32H,10-11,15-16H2,1-4H3/t19-,20-,21+,24-,25+,26+,27+/m1/s1. The van der Waals surface area contributed by atoms with E-state index in [-0.39, 0.29) is 18.9 Å². The first-order valence-electron chi connectivity index (χ1n) is 11.8. The molecule has 2 fully saturated rings. The van der Waals surface area contributed by atoms with Gasteiger partial charge in [-0.25, -0.2) is 9.59 Å². The Balaban J connectivity index is 1.76. The van der Waals surface area contributed by atoms with E-state index in [1.54, 1.807) is 50.3 Å². The monoisotopic (exact) mass is 470 g/mol. The third-order valence-corrected chi connectivity index (χ3v) is 8.91. The number of rotatable bonds is 4. The zero-order valence-corrected chi connectivity index (χ0v) is 20.2. The van der Waals surface area contributed by atoms with Crippen LogP contribution in [0.5, 0.6) is 0 Å². The summed E-state index contributed by atoms with van der Waals surface area (Å²) >= 11 is 0. The van der Waals surface area contributed by atoms with Gasteiger partial charge in [0.25, 0.3) is 0 Å². The zero-order chi connectivity index (χ0) is 24.9. The van der Waals surface area contributed by atoms with Gasteiger partial charge in [0, 0.05) is 23.3 Å². The van der Waals surface area contributed by atoms with Gasteiger partial charge < -0.3 is 24.8 Å². The number of hydrogen-bond donors (Lipinski definition) is 3. The van der Waals surface area contributed by atoms with Crippen molar-refractivity contribution in [3.8, 4) is 0 Å². The maximum atomic E-state index is 13.0. The smallest absolute Gasteiger partial charge is 0.338 e. The molecule has 0 spiro atoms. The van der Waals surface area contributed by atoms with E-state index in [0.717, 1.165) is 0 Å². The summed E-state index contributed by atoms with van der Waals surface area (Å²) in [6.45, 7) is 7.23. The number of aliphatic hydroxyl groups excluding tert-OH is 1. The van der Waals surface area contributed by atoms with Gasteiger partial charge in [-0.15, -0.1) is 0 Å². The molecular formula is C27H34O7. The number of carbonyl (C=O) groups is 2. The van der Waals surface area contributed by atoms with Crippen LogP contribution in [-0.2, 0) is 14.3 Å². The Hall–Kier alpha value is -2.48. The van der Waals surface area contributed by atoms with Crippen molar-refractivity contribution in [3.05, 3.63) is 59.7 Å². The van der Waals surface area contributed by atoms with Crippen molar-refractivity contribution in [2.24, 2.45) is 16.7 Å². The van der Waals surface area contributed by atoms with Crippen LogP contribution in [0.2, 0.25) is 0 Å². The van der Waals surface area contributed by atoms with E-state index < -0.39 is 46.2 Å². The molecule has 7 heteroatoms. The van der Waals surface area contributed by atoms with Crippen LogP contribution in [0.15, 0.2) is 54.1 Å². The van der Waals surface area contributed by atoms with Crippen LogP contribution in [0.25, 0.3) is 0 Å². The van der Waals surface area contributed by atoms with Crippen LogP contribution in [0.1, 0.15) is 57.3 Å². The van der Waals surface area contributed by atoms with Gasteiger partial charge >= 0.3 is 11.9 Å². The first kappa shape index (κ1) is 24.6. The minimum Gasteiger partial charge on any atom is -0.458 e. The predicted octanol–water partition coefficient (Wildman–Crippen LogP) is 2.94. The lowest BCUT2D eigenvalue weighted by Gasteiger charge is -2.67. The number of fused-ring (bicyclic) bond motifs is 1. The van der Waals surface area contributed by atoms with Crippen LogP contribution < -0.4 is 0 Å². The van der Waals surface area contributed by atoms with E-state index in [1.807, 2.05) is 19.9 Å². The number of hydrogen-bond acceptors (Lipinski definition) is 7. The Kier molecular flexibility index (Phi) is 6.03. The summed E-state index contributed by atoms with van der Waals surface area (Å²) in [5.41, 5.74) is -3.72. The van der Waals surface area contributed by atoms with Crippen molar-refractivity contribution < 1.29 is 34.4 Å². The molecular weight excluding hydrogens is 436 g/mol. The molecule has 0 aromatic heterocycles. The Morgan fingerprint density at radius 2 is 1.79 bits per heavy atom. The van der Waals surface area contributed by atoms with Crippen LogP contribution in [0, 0.1) is 16.7 Å². The molecule has 1 aliphatic heterocycles. The Bertz CT molecular complexity index is 1020. The molecule has 4 rings (SSSR count). The normalized spacial score (nSPS) is 42.1. The maximum Gasteiger partial charge on any atom is 0.338 e. The number of ether oxygens (including phenoxy) is 2. The highest BCUT2D eigenvalue weighted by atomic mass is 16.5. The van der Waals surface area contributed by atoms with E-state index in [4.69, 9.17) is 9.47 Å². The maximum absolute atomic E-state index is 13.0. The van der Waals surface area contributed by atoms with Crippen molar-refractivity contribution in [1.29, 1.82) is 0 Å². The van der Waals surface area contributed by atoms with Crippen LogP contribution >= 0.6 is 0 Å². The second-order valence-electron chi connectivity index (χ2n) is 10.8. The highest BCUT2D eigenvalue weighted by Gasteiger charge is 2.70. The Morgan fingerprint density at radius 1 is 1.12 bits per heavy atom. The van der Waals surface area contributed by atoms with Crippen molar-refractivity contribution in [1.82, 2.24) is 0 Å². The minimum atomic E-state index is -1.57. The SMILES string of the molecule is C[C@@]12[C@@H](OC(=O)c3ccccc3)C[C@](C)(O)[C@](C)(C=CC3=CC(=O)OC3)[C@H]1CC[C@@H](O)[C@]2(C)O. The molecule has 1 aromatic rings. The summed E-state index contributed by atoms with van der Waals surface area (Å²) in [7, 11) is 0. The molecule has 3 aliphatic rings. The molecule has 1 heterocycles. The lowest BCUT2D eigenvalue weighted by atomic mass is 9.41. The molecule has 0 amide bonds. The molecule has 0 saturated heterocycles. The third-order valence-electron chi connectivity index (χ3n) is 8.91. The highest BCUT2D eigenvalue weighted by Crippen LogP contribution is 2.65. The van der Waals surface area contributed by atoms with Gasteiger partial charge in [0.15, 0.2) is 0 Å². The van der Waals surface area contributed by atoms with Crippen LogP contribution in [0.4, 0.5) is 0 Å². The number of cyclic esters (lactones) is 1. The Labute approximate surface area is 200 Å². The molecule has 34 heavy (non-hydrogen) atoms. The molecule has 2 saturated carbocycles. The molecule has 0 unspecified atom stereocenters. The molecule has 7 atom stereocenters. The summed E-state index contributed by atoms with van der Waals surface area (Å²) in [4.78, 5) is 24.5. The number of esters is 2. The molecule has 1 aromatic carbocycles. The predicted molar refractivity (Wildman–Crippen MR) is 125 cm³/mol. The summed E-state index contributed by atoms with van der Waals surface area (Å²) in [5, 5.41) is 34.2. The van der Waals surface area contributed by atoms with Gasteiger partial charge in [-0.3, -0.25) is 0 Å². The lowest BCUT2D eigenvalue weighted by molar-refractivity contribution is -0.288. The molecule has 0 radical (unpaired) electrons. The van der Waals surface area contributed by atoms with E-state index >= 15 is 0 Å². The van der Waals surface area contributed by atoms with E-state index in [2.05, 4.69) is 0 Å². The van der Waals surface area contributed by atoms with Crippen molar-refractivity contribution in [3.63, 3.8) is 0 Å². The van der Waals surface area contributed by atoms with Crippen molar-refractivity contribution >= 4 is 11.9 Å². The van der Waals surface area contributed by atoms with E-state index in [0.29, 0.717) is 24.0 Å². The highest BCUT2D eigenvalue weighted by molar-refractivity contribution is 5.89. The number of benzene rings is 1. The summed E-state index contributed by atoms with van der Waals surface area (Å²) in [6.07, 6.45) is 4.16. The second kappa shape index (κ2) is 8.33. The third kappa shape index (κ3) is 3.70. The van der Waals surface area contributed by atoms with E-state index in [9.17, 15) is 24.9 Å². The molecule has 2 aliphatic carbocycles. The molecule has 3 N–H and O–H groups in total. The second-order valence-corrected chi connectivity index (χ2v) is 10.8. The van der Waals surface area contributed by atoms with Crippen LogP contribution in [0.3, 0.4) is 0 Å². The average molecular weight is 471 g/mol. The van der Waals surface area contributed by atoms with Gasteiger partial charge in [-0.05, 0) is 50.3 Å². The largest absolute Gasteiger partial charge is 0.458 e. The summed E-state index contributed by atoms with van der Waals surface area (Å²) in [6, 6.07) is 8.60. The Morgan fingerprint density at radius 3 is 2.41 bits per heavy atom. The first-order chi connectivity index (χ1) is 15.8. The van der Waals surface area contributed by atoms with Gasteiger partial charge in [0.2, 0.25) is 0 Å². The van der Waals surface area contributed by atoms with Gasteiger partial charge in [0.05, 0.1) is 22.9 Å². The molecule has 184 valence electrons. The molecule has 0 bridgehead atoms. The number of aliphatic hydroxyl groups is 3. The van der Waals surface area contributed by atoms with Gasteiger partial charge in [-0.1, -0.05) is 44.2 Å². The molecule has 7 nitrogen and oxygen atoms in total.